The zero-order valence-corrected chi connectivity index (χ0v) is 11.3. The molecule has 0 bridgehead atoms. The van der Waals surface area contributed by atoms with Gasteiger partial charge in [0, 0.05) is 13.5 Å². The predicted molar refractivity (Wildman–Crippen MR) is 70.1 cm³/mol. The molecule has 0 aliphatic heterocycles. The Morgan fingerprint density at radius 3 is 2.31 bits per heavy atom. The molecule has 0 aromatic carbocycles. The van der Waals surface area contributed by atoms with E-state index in [1.165, 1.54) is 44.9 Å². The van der Waals surface area contributed by atoms with Crippen LogP contribution in [-0.4, -0.2) is 14.8 Å². The minimum Gasteiger partial charge on any atom is -0.307 e. The average Bonchev–Trinajstić information content (AvgIpc) is 2.59. The van der Waals surface area contributed by atoms with Crippen molar-refractivity contribution in [1.82, 2.24) is 14.8 Å². The Hall–Kier alpha value is -0.640. The molecular formula is C12H23N3S. The summed E-state index contributed by atoms with van der Waals surface area (Å²) in [5.41, 5.74) is 0. The summed E-state index contributed by atoms with van der Waals surface area (Å²) in [6.45, 7) is 2.25. The molecule has 1 heterocycles. The highest BCUT2D eigenvalue weighted by Crippen LogP contribution is 2.09. The monoisotopic (exact) mass is 241 g/mol. The fraction of sp³-hybridized carbons (Fsp3) is 0.833. The largest absolute Gasteiger partial charge is 0.307 e. The molecule has 0 unspecified atom stereocenters. The van der Waals surface area contributed by atoms with Crippen LogP contribution in [0.15, 0.2) is 0 Å². The van der Waals surface area contributed by atoms with E-state index in [-0.39, 0.29) is 0 Å². The number of aromatic nitrogens is 3. The Morgan fingerprint density at radius 1 is 1.12 bits per heavy atom. The molecule has 92 valence electrons. The maximum atomic E-state index is 5.07. The topological polar surface area (TPSA) is 33.6 Å². The molecular weight excluding hydrogens is 218 g/mol. The number of nitrogens with zero attached hydrogens (tertiary/aromatic N) is 2. The molecule has 0 radical (unpaired) electrons. The second-order valence-electron chi connectivity index (χ2n) is 4.38. The molecule has 0 aliphatic carbocycles. The first kappa shape index (κ1) is 13.4. The lowest BCUT2D eigenvalue weighted by Gasteiger charge is -2.01. The maximum absolute atomic E-state index is 5.07. The lowest BCUT2D eigenvalue weighted by Crippen LogP contribution is -1.98. The number of hydrogen-bond acceptors (Lipinski definition) is 2. The van der Waals surface area contributed by atoms with Crippen molar-refractivity contribution in [3.63, 3.8) is 0 Å². The molecule has 0 saturated heterocycles. The summed E-state index contributed by atoms with van der Waals surface area (Å²) >= 11 is 5.07. The van der Waals surface area contributed by atoms with Crippen molar-refractivity contribution < 1.29 is 0 Å². The van der Waals surface area contributed by atoms with Crippen molar-refractivity contribution >= 4 is 12.2 Å². The van der Waals surface area contributed by atoms with Crippen molar-refractivity contribution in [2.24, 2.45) is 7.05 Å². The first-order valence-electron chi connectivity index (χ1n) is 6.36. The van der Waals surface area contributed by atoms with Crippen molar-refractivity contribution in [2.75, 3.05) is 0 Å². The molecule has 1 aromatic rings. The van der Waals surface area contributed by atoms with E-state index in [0.29, 0.717) is 0 Å². The van der Waals surface area contributed by atoms with Gasteiger partial charge in [0.05, 0.1) is 0 Å². The number of H-pyrrole nitrogens is 1. The standard InChI is InChI=1S/C12H23N3S/c1-3-4-5-6-7-8-9-10-11-13-14-12(16)15(11)2/h3-10H2,1-2H3,(H,14,16). The van der Waals surface area contributed by atoms with Crippen LogP contribution in [0, 0.1) is 4.77 Å². The highest BCUT2D eigenvalue weighted by Gasteiger charge is 2.01. The van der Waals surface area contributed by atoms with E-state index in [2.05, 4.69) is 17.1 Å². The van der Waals surface area contributed by atoms with E-state index in [1.807, 2.05) is 11.6 Å². The van der Waals surface area contributed by atoms with Crippen LogP contribution in [0.3, 0.4) is 0 Å². The molecule has 0 spiro atoms. The van der Waals surface area contributed by atoms with E-state index >= 15 is 0 Å². The quantitative estimate of drug-likeness (QED) is 0.555. The van der Waals surface area contributed by atoms with Crippen LogP contribution in [0.1, 0.15) is 57.7 Å². The SMILES string of the molecule is CCCCCCCCCc1n[nH]c(=S)n1C. The number of rotatable bonds is 8. The molecule has 1 aromatic heterocycles. The van der Waals surface area contributed by atoms with E-state index < -0.39 is 0 Å². The third-order valence-electron chi connectivity index (χ3n) is 2.98. The molecule has 0 amide bonds. The van der Waals surface area contributed by atoms with Crippen molar-refractivity contribution in [3.05, 3.63) is 10.6 Å². The van der Waals surface area contributed by atoms with Crippen molar-refractivity contribution in [2.45, 2.75) is 58.3 Å². The summed E-state index contributed by atoms with van der Waals surface area (Å²) in [6, 6.07) is 0. The van der Waals surface area contributed by atoms with Crippen LogP contribution in [0.2, 0.25) is 0 Å². The van der Waals surface area contributed by atoms with Crippen LogP contribution >= 0.6 is 12.2 Å². The Morgan fingerprint density at radius 2 is 1.75 bits per heavy atom. The summed E-state index contributed by atoms with van der Waals surface area (Å²) in [4.78, 5) is 0. The third-order valence-corrected chi connectivity index (χ3v) is 3.34. The molecule has 1 N–H and O–H groups in total. The van der Waals surface area contributed by atoms with Gasteiger partial charge in [-0.3, -0.25) is 5.10 Å². The van der Waals surface area contributed by atoms with E-state index in [0.717, 1.165) is 17.0 Å². The zero-order valence-electron chi connectivity index (χ0n) is 10.5. The first-order chi connectivity index (χ1) is 7.75. The summed E-state index contributed by atoms with van der Waals surface area (Å²) in [6.07, 6.45) is 10.4. The molecule has 0 fully saturated rings. The van der Waals surface area contributed by atoms with Gasteiger partial charge < -0.3 is 4.57 Å². The predicted octanol–water partition coefficient (Wildman–Crippen LogP) is 3.77. The van der Waals surface area contributed by atoms with Gasteiger partial charge in [0.2, 0.25) is 0 Å². The van der Waals surface area contributed by atoms with Crippen LogP contribution < -0.4 is 0 Å². The fourth-order valence-corrected chi connectivity index (χ4v) is 1.99. The molecule has 4 heteroatoms. The van der Waals surface area contributed by atoms with Crippen LogP contribution in [0.4, 0.5) is 0 Å². The van der Waals surface area contributed by atoms with Gasteiger partial charge in [-0.2, -0.15) is 5.10 Å². The van der Waals surface area contributed by atoms with Gasteiger partial charge in [-0.25, -0.2) is 0 Å². The first-order valence-corrected chi connectivity index (χ1v) is 6.76. The normalized spacial score (nSPS) is 10.9. The van der Waals surface area contributed by atoms with Crippen LogP contribution in [0.25, 0.3) is 0 Å². The molecule has 0 saturated carbocycles. The minimum atomic E-state index is 0.720. The zero-order chi connectivity index (χ0) is 11.8. The molecule has 0 atom stereocenters. The fourth-order valence-electron chi connectivity index (χ4n) is 1.84. The second kappa shape index (κ2) is 7.60. The van der Waals surface area contributed by atoms with Gasteiger partial charge in [0.15, 0.2) is 4.77 Å². The van der Waals surface area contributed by atoms with Gasteiger partial charge in [0.25, 0.3) is 0 Å². The molecule has 16 heavy (non-hydrogen) atoms. The lowest BCUT2D eigenvalue weighted by atomic mass is 10.1. The molecule has 0 aliphatic rings. The van der Waals surface area contributed by atoms with E-state index in [4.69, 9.17) is 12.2 Å². The minimum absolute atomic E-state index is 0.720. The summed E-state index contributed by atoms with van der Waals surface area (Å²) in [5.74, 6) is 1.08. The van der Waals surface area contributed by atoms with E-state index in [1.54, 1.807) is 0 Å². The van der Waals surface area contributed by atoms with Gasteiger partial charge >= 0.3 is 0 Å². The lowest BCUT2D eigenvalue weighted by molar-refractivity contribution is 0.580. The summed E-state index contributed by atoms with van der Waals surface area (Å²) in [7, 11) is 1.97. The Kier molecular flexibility index (Phi) is 6.38. The highest BCUT2D eigenvalue weighted by atomic mass is 32.1. The number of unbranched alkanes of at least 4 members (excludes halogenated alkanes) is 6. The van der Waals surface area contributed by atoms with Gasteiger partial charge in [-0.05, 0) is 18.6 Å². The highest BCUT2D eigenvalue weighted by molar-refractivity contribution is 7.71. The number of aromatic amines is 1. The number of nitrogens with one attached hydrogen (secondary N) is 1. The van der Waals surface area contributed by atoms with Crippen molar-refractivity contribution in [3.8, 4) is 0 Å². The van der Waals surface area contributed by atoms with Gasteiger partial charge in [-0.1, -0.05) is 45.4 Å². The summed E-state index contributed by atoms with van der Waals surface area (Å²) < 4.78 is 2.69. The Labute approximate surface area is 103 Å². The van der Waals surface area contributed by atoms with E-state index in [9.17, 15) is 0 Å². The van der Waals surface area contributed by atoms with Crippen LogP contribution in [0.5, 0.6) is 0 Å². The molecule has 1 rings (SSSR count). The van der Waals surface area contributed by atoms with Crippen molar-refractivity contribution in [1.29, 1.82) is 0 Å². The summed E-state index contributed by atoms with van der Waals surface area (Å²) in [5, 5.41) is 7.03. The average molecular weight is 241 g/mol. The van der Waals surface area contributed by atoms with Crippen LogP contribution in [-0.2, 0) is 13.5 Å². The van der Waals surface area contributed by atoms with Gasteiger partial charge in [-0.15, -0.1) is 0 Å². The third kappa shape index (κ3) is 4.47. The molecule has 3 nitrogen and oxygen atoms in total. The number of aryl methyl sites for hydroxylation is 1. The smallest absolute Gasteiger partial charge is 0.194 e. The second-order valence-corrected chi connectivity index (χ2v) is 4.76. The Bertz CT molecular complexity index is 340. The number of hydrogen-bond donors (Lipinski definition) is 1. The maximum Gasteiger partial charge on any atom is 0.194 e. The van der Waals surface area contributed by atoms with Gasteiger partial charge in [0.1, 0.15) is 5.82 Å². The Balaban J connectivity index is 2.07.